The molecule has 1 aliphatic rings. The Morgan fingerprint density at radius 2 is 1.74 bits per heavy atom. The van der Waals surface area contributed by atoms with Gasteiger partial charge < -0.3 is 23.4 Å². The fraction of sp³-hybridized carbons (Fsp3) is 0.500. The molecule has 0 fully saturated rings. The first-order chi connectivity index (χ1) is 14.4. The van der Waals surface area contributed by atoms with E-state index >= 15 is 0 Å². The van der Waals surface area contributed by atoms with Crippen LogP contribution in [-0.2, 0) is 29.9 Å². The lowest BCUT2D eigenvalue weighted by atomic mass is 9.96. The zero-order chi connectivity index (χ0) is 23.6. The number of hydrogen-bond donors (Lipinski definition) is 0. The van der Waals surface area contributed by atoms with Crippen LogP contribution in [0.3, 0.4) is 0 Å². The maximum Gasteiger partial charge on any atom is 0.371 e. The second-order valence-corrected chi connectivity index (χ2v) is 13.4. The van der Waals surface area contributed by atoms with E-state index in [9.17, 15) is 14.4 Å². The lowest BCUT2D eigenvalue weighted by molar-refractivity contribution is -0.138. The number of aryl methyl sites for hydroxylation is 1. The van der Waals surface area contributed by atoms with Crippen LogP contribution in [0.2, 0.25) is 18.1 Å². The van der Waals surface area contributed by atoms with Crippen LogP contribution in [0.4, 0.5) is 0 Å². The molecule has 31 heavy (non-hydrogen) atoms. The highest BCUT2D eigenvalue weighted by Gasteiger charge is 2.41. The Labute approximate surface area is 183 Å². The molecule has 0 aromatic heterocycles. The maximum absolute atomic E-state index is 12.6. The second kappa shape index (κ2) is 9.13. The van der Waals surface area contributed by atoms with Gasteiger partial charge in [-0.25, -0.2) is 9.59 Å². The van der Waals surface area contributed by atoms with E-state index in [2.05, 4.69) is 0 Å². The normalized spacial score (nSPS) is 14.3. The van der Waals surface area contributed by atoms with E-state index in [0.717, 1.165) is 0 Å². The van der Waals surface area contributed by atoms with E-state index in [1.807, 2.05) is 33.9 Å². The molecular weight excluding hydrogens is 420 g/mol. The molecule has 0 unspecified atom stereocenters. The van der Waals surface area contributed by atoms with Crippen LogP contribution in [0.15, 0.2) is 11.8 Å². The molecule has 2 rings (SSSR count). The average molecular weight is 451 g/mol. The quantitative estimate of drug-likeness (QED) is 0.212. The van der Waals surface area contributed by atoms with Gasteiger partial charge >= 0.3 is 17.9 Å². The predicted octanol–water partition coefficient (Wildman–Crippen LogP) is 3.87. The van der Waals surface area contributed by atoms with Crippen molar-refractivity contribution in [3.8, 4) is 11.5 Å². The van der Waals surface area contributed by atoms with Gasteiger partial charge in [-0.1, -0.05) is 20.8 Å². The van der Waals surface area contributed by atoms with Crippen molar-refractivity contribution in [2.45, 2.75) is 51.7 Å². The Hall–Kier alpha value is -2.81. The van der Waals surface area contributed by atoms with E-state index in [1.165, 1.54) is 27.4 Å². The van der Waals surface area contributed by atoms with Gasteiger partial charge in [0.25, 0.3) is 8.32 Å². The van der Waals surface area contributed by atoms with Crippen molar-refractivity contribution in [1.29, 1.82) is 0 Å². The molecule has 9 heteroatoms. The lowest BCUT2D eigenvalue weighted by Gasteiger charge is -2.36. The molecule has 1 heterocycles. The summed E-state index contributed by atoms with van der Waals surface area (Å²) in [5.41, 5.74) is 1.05. The van der Waals surface area contributed by atoms with E-state index in [1.54, 1.807) is 6.07 Å². The van der Waals surface area contributed by atoms with Crippen LogP contribution in [0.5, 0.6) is 11.5 Å². The fourth-order valence-electron chi connectivity index (χ4n) is 2.84. The first-order valence-electron chi connectivity index (χ1n) is 9.88. The number of fused-ring (bicyclic) bond motifs is 1. The molecule has 170 valence electrons. The van der Waals surface area contributed by atoms with Gasteiger partial charge in [-0.3, -0.25) is 4.79 Å². The van der Waals surface area contributed by atoms with Gasteiger partial charge in [0.1, 0.15) is 5.56 Å². The predicted molar refractivity (Wildman–Crippen MR) is 117 cm³/mol. The number of benzene rings is 1. The monoisotopic (exact) mass is 450 g/mol. The van der Waals surface area contributed by atoms with Crippen LogP contribution in [0.1, 0.15) is 48.7 Å². The van der Waals surface area contributed by atoms with Crippen molar-refractivity contribution in [3.05, 3.63) is 28.5 Å². The summed E-state index contributed by atoms with van der Waals surface area (Å²) in [6.45, 7) is 10.1. The lowest BCUT2D eigenvalue weighted by Crippen LogP contribution is -2.41. The van der Waals surface area contributed by atoms with E-state index in [-0.39, 0.29) is 34.3 Å². The maximum atomic E-state index is 12.6. The summed E-state index contributed by atoms with van der Waals surface area (Å²) in [6, 6.07) is 1.68. The van der Waals surface area contributed by atoms with Crippen molar-refractivity contribution in [3.63, 3.8) is 0 Å². The molecule has 0 spiro atoms. The molecule has 0 atom stereocenters. The number of methoxy groups -OCH3 is 3. The van der Waals surface area contributed by atoms with Crippen molar-refractivity contribution in [2.75, 3.05) is 21.3 Å². The van der Waals surface area contributed by atoms with Gasteiger partial charge in [0.15, 0.2) is 17.3 Å². The minimum absolute atomic E-state index is 0.0194. The third-order valence-electron chi connectivity index (χ3n) is 5.60. The first-order valence-corrected chi connectivity index (χ1v) is 12.8. The molecule has 8 nitrogen and oxygen atoms in total. The topological polar surface area (TPSA) is 97.4 Å². The SMILES string of the molecule is COC(=O)/C(=C\c1cc2c(c(OC)c1C(=O)OC)OC(=O)CC2)O[Si](C)(C)C(C)(C)C. The third kappa shape index (κ3) is 5.09. The number of ether oxygens (including phenoxy) is 4. The average Bonchev–Trinajstić information content (AvgIpc) is 2.70. The summed E-state index contributed by atoms with van der Waals surface area (Å²) >= 11 is 0. The Morgan fingerprint density at radius 1 is 1.10 bits per heavy atom. The number of hydrogen-bond acceptors (Lipinski definition) is 8. The standard InChI is InChI=1S/C22H30O8Si/c1-22(2,3)31(7,8)30-15(20(24)27-5)12-14-11-13-9-10-16(23)29-18(13)19(26-4)17(14)21(25)28-6/h11-12H,9-10H2,1-8H3/b15-12+. The first kappa shape index (κ1) is 24.5. The Balaban J connectivity index is 2.75. The Kier molecular flexibility index (Phi) is 7.20. The van der Waals surface area contributed by atoms with E-state index in [0.29, 0.717) is 17.5 Å². The number of carbonyl (C=O) groups excluding carboxylic acids is 3. The summed E-state index contributed by atoms with van der Waals surface area (Å²) in [4.78, 5) is 37.0. The molecule has 0 N–H and O–H groups in total. The van der Waals surface area contributed by atoms with Gasteiger partial charge in [-0.15, -0.1) is 0 Å². The highest BCUT2D eigenvalue weighted by Crippen LogP contribution is 2.42. The van der Waals surface area contributed by atoms with Crippen molar-refractivity contribution in [2.24, 2.45) is 0 Å². The largest absolute Gasteiger partial charge is 0.539 e. The smallest absolute Gasteiger partial charge is 0.371 e. The number of esters is 3. The van der Waals surface area contributed by atoms with Crippen LogP contribution in [-0.4, -0.2) is 47.6 Å². The molecule has 0 bridgehead atoms. The summed E-state index contributed by atoms with van der Waals surface area (Å²) in [5.74, 6) is -1.55. The van der Waals surface area contributed by atoms with Crippen LogP contribution >= 0.6 is 0 Å². The van der Waals surface area contributed by atoms with Gasteiger partial charge in [-0.05, 0) is 42.3 Å². The van der Waals surface area contributed by atoms with Crippen molar-refractivity contribution < 1.29 is 37.8 Å². The zero-order valence-corrected chi connectivity index (χ0v) is 20.3. The Bertz CT molecular complexity index is 924. The third-order valence-corrected chi connectivity index (χ3v) is 9.94. The Morgan fingerprint density at radius 3 is 2.26 bits per heavy atom. The fourth-order valence-corrected chi connectivity index (χ4v) is 3.83. The van der Waals surface area contributed by atoms with Gasteiger partial charge in [0.05, 0.1) is 27.8 Å². The summed E-state index contributed by atoms with van der Waals surface area (Å²) in [7, 11) is 1.46. The molecule has 0 radical (unpaired) electrons. The zero-order valence-electron chi connectivity index (χ0n) is 19.3. The van der Waals surface area contributed by atoms with Crippen molar-refractivity contribution in [1.82, 2.24) is 0 Å². The van der Waals surface area contributed by atoms with Gasteiger partial charge in [0.2, 0.25) is 0 Å². The molecule has 0 saturated carbocycles. The molecule has 1 aliphatic heterocycles. The van der Waals surface area contributed by atoms with Gasteiger partial charge in [0, 0.05) is 5.56 Å². The molecule has 1 aromatic rings. The summed E-state index contributed by atoms with van der Waals surface area (Å²) < 4.78 is 26.8. The van der Waals surface area contributed by atoms with E-state index in [4.69, 9.17) is 23.4 Å². The van der Waals surface area contributed by atoms with Crippen LogP contribution in [0.25, 0.3) is 6.08 Å². The van der Waals surface area contributed by atoms with Crippen LogP contribution < -0.4 is 9.47 Å². The minimum atomic E-state index is -2.40. The summed E-state index contributed by atoms with van der Waals surface area (Å²) in [5, 5.41) is -0.174. The molecule has 0 amide bonds. The second-order valence-electron chi connectivity index (χ2n) is 8.69. The molecule has 1 aromatic carbocycles. The highest BCUT2D eigenvalue weighted by atomic mass is 28.4. The number of carbonyl (C=O) groups is 3. The molecule has 0 saturated heterocycles. The van der Waals surface area contributed by atoms with Crippen LogP contribution in [0, 0.1) is 0 Å². The van der Waals surface area contributed by atoms with E-state index < -0.39 is 26.2 Å². The summed E-state index contributed by atoms with van der Waals surface area (Å²) in [6.07, 6.45) is 2.06. The molecule has 0 aliphatic carbocycles. The highest BCUT2D eigenvalue weighted by molar-refractivity contribution is 6.74. The van der Waals surface area contributed by atoms with Gasteiger partial charge in [-0.2, -0.15) is 0 Å². The minimum Gasteiger partial charge on any atom is -0.539 e. The number of rotatable bonds is 6. The molecular formula is C22H30O8Si. The van der Waals surface area contributed by atoms with Crippen molar-refractivity contribution >= 4 is 32.3 Å².